The Morgan fingerprint density at radius 1 is 1.30 bits per heavy atom. The van der Waals surface area contributed by atoms with Crippen molar-refractivity contribution in [3.8, 4) is 11.4 Å². The van der Waals surface area contributed by atoms with Gasteiger partial charge in [-0.3, -0.25) is 4.79 Å². The predicted octanol–water partition coefficient (Wildman–Crippen LogP) is 2.24. The highest BCUT2D eigenvalue weighted by Gasteiger charge is 2.16. The van der Waals surface area contributed by atoms with Gasteiger partial charge >= 0.3 is 0 Å². The largest absolute Gasteiger partial charge is 0.378 e. The Labute approximate surface area is 147 Å². The molecule has 2 heterocycles. The number of imidazole rings is 1. The number of rotatable bonds is 4. The van der Waals surface area contributed by atoms with E-state index in [1.165, 1.54) is 0 Å². The minimum atomic E-state index is -0.0104. The van der Waals surface area contributed by atoms with Gasteiger partial charge < -0.3 is 20.4 Å². The average Bonchev–Trinajstić information content (AvgIpc) is 3.03. The highest BCUT2D eigenvalue weighted by Crippen LogP contribution is 2.17. The number of nitrogens with zero attached hydrogens (tertiary/aromatic N) is 1. The molecular formula is C15H20Cl2N4O2. The smallest absolute Gasteiger partial charge is 0.226 e. The Morgan fingerprint density at radius 3 is 2.70 bits per heavy atom. The Hall–Kier alpha value is -1.60. The Bertz CT molecular complexity index is 584. The number of benzene rings is 1. The molecular weight excluding hydrogens is 339 g/mol. The van der Waals surface area contributed by atoms with Crippen LogP contribution in [-0.4, -0.2) is 41.7 Å². The summed E-state index contributed by atoms with van der Waals surface area (Å²) in [4.78, 5) is 19.2. The van der Waals surface area contributed by atoms with Crippen LogP contribution >= 0.6 is 24.8 Å². The maximum absolute atomic E-state index is 12.0. The number of nitrogens with one attached hydrogen (secondary N) is 3. The topological polar surface area (TPSA) is 79.0 Å². The number of aromatic amines is 1. The summed E-state index contributed by atoms with van der Waals surface area (Å²) in [7, 11) is 0. The van der Waals surface area contributed by atoms with Crippen LogP contribution in [0.5, 0.6) is 0 Å². The van der Waals surface area contributed by atoms with Crippen LogP contribution in [0, 0.1) is 0 Å². The molecule has 1 aromatic carbocycles. The average molecular weight is 359 g/mol. The van der Waals surface area contributed by atoms with Gasteiger partial charge in [-0.25, -0.2) is 4.98 Å². The third-order valence-corrected chi connectivity index (χ3v) is 3.37. The summed E-state index contributed by atoms with van der Waals surface area (Å²) in [6.45, 7) is 2.10. The highest BCUT2D eigenvalue weighted by atomic mass is 35.5. The molecule has 23 heavy (non-hydrogen) atoms. The van der Waals surface area contributed by atoms with Crippen LogP contribution in [0.25, 0.3) is 11.4 Å². The molecule has 1 fully saturated rings. The van der Waals surface area contributed by atoms with Crippen molar-refractivity contribution in [2.75, 3.05) is 25.1 Å². The van der Waals surface area contributed by atoms with Gasteiger partial charge in [0.05, 0.1) is 13.2 Å². The first-order chi connectivity index (χ1) is 10.3. The van der Waals surface area contributed by atoms with Crippen molar-refractivity contribution in [1.82, 2.24) is 15.3 Å². The molecule has 2 aromatic rings. The third-order valence-electron chi connectivity index (χ3n) is 3.37. The first kappa shape index (κ1) is 19.4. The number of carbonyl (C=O) groups is 1. The molecule has 126 valence electrons. The van der Waals surface area contributed by atoms with Crippen molar-refractivity contribution in [3.63, 3.8) is 0 Å². The highest BCUT2D eigenvalue weighted by molar-refractivity contribution is 5.91. The van der Waals surface area contributed by atoms with Crippen LogP contribution in [0.4, 0.5) is 5.69 Å². The fourth-order valence-electron chi connectivity index (χ4n) is 2.32. The monoisotopic (exact) mass is 358 g/mol. The molecule has 1 atom stereocenters. The Kier molecular flexibility index (Phi) is 8.05. The first-order valence-corrected chi connectivity index (χ1v) is 7.02. The summed E-state index contributed by atoms with van der Waals surface area (Å²) in [5.41, 5.74) is 1.77. The van der Waals surface area contributed by atoms with Crippen LogP contribution in [0.1, 0.15) is 6.42 Å². The van der Waals surface area contributed by atoms with E-state index in [2.05, 4.69) is 20.6 Å². The standard InChI is InChI=1S/C15H18N4O2.2ClH/c20-14(9-13-10-21-8-7-16-13)19-12-3-1-11(2-4-12)15-17-5-6-18-15;;/h1-6,13,16H,7-10H2,(H,17,18)(H,19,20);2*1H. The minimum absolute atomic E-state index is 0. The number of hydrogen-bond donors (Lipinski definition) is 3. The number of ether oxygens (including phenoxy) is 1. The maximum atomic E-state index is 12.0. The van der Waals surface area contributed by atoms with Crippen molar-refractivity contribution < 1.29 is 9.53 Å². The molecule has 1 aliphatic rings. The van der Waals surface area contributed by atoms with Gasteiger partial charge in [0, 0.05) is 42.7 Å². The van der Waals surface area contributed by atoms with Crippen LogP contribution < -0.4 is 10.6 Å². The van der Waals surface area contributed by atoms with E-state index in [0.717, 1.165) is 23.6 Å². The SMILES string of the molecule is Cl.Cl.O=C(CC1COCCN1)Nc1ccc(-c2ncc[nH]2)cc1. The molecule has 0 radical (unpaired) electrons. The van der Waals surface area contributed by atoms with Gasteiger partial charge in [-0.05, 0) is 24.3 Å². The number of hydrogen-bond acceptors (Lipinski definition) is 4. The lowest BCUT2D eigenvalue weighted by atomic mass is 10.1. The van der Waals surface area contributed by atoms with Crippen LogP contribution in [-0.2, 0) is 9.53 Å². The summed E-state index contributed by atoms with van der Waals surface area (Å²) in [5, 5.41) is 6.16. The number of anilines is 1. The maximum Gasteiger partial charge on any atom is 0.226 e. The van der Waals surface area contributed by atoms with E-state index in [1.807, 2.05) is 24.3 Å². The van der Waals surface area contributed by atoms with Crippen molar-refractivity contribution >= 4 is 36.4 Å². The van der Waals surface area contributed by atoms with E-state index in [9.17, 15) is 4.79 Å². The molecule has 0 saturated carbocycles. The lowest BCUT2D eigenvalue weighted by Gasteiger charge is -2.23. The fraction of sp³-hybridized carbons (Fsp3) is 0.333. The molecule has 0 spiro atoms. The molecule has 1 saturated heterocycles. The van der Waals surface area contributed by atoms with E-state index in [4.69, 9.17) is 4.74 Å². The van der Waals surface area contributed by atoms with Gasteiger partial charge in [0.1, 0.15) is 5.82 Å². The molecule has 3 N–H and O–H groups in total. The van der Waals surface area contributed by atoms with Crippen molar-refractivity contribution in [3.05, 3.63) is 36.7 Å². The zero-order valence-electron chi connectivity index (χ0n) is 12.5. The third kappa shape index (κ3) is 5.51. The summed E-state index contributed by atoms with van der Waals surface area (Å²) in [5.74, 6) is 0.806. The lowest BCUT2D eigenvalue weighted by molar-refractivity contribution is -0.117. The van der Waals surface area contributed by atoms with Crippen molar-refractivity contribution in [1.29, 1.82) is 0 Å². The molecule has 0 aliphatic carbocycles. The normalized spacial score (nSPS) is 16.8. The molecule has 1 aliphatic heterocycles. The second-order valence-electron chi connectivity index (χ2n) is 4.99. The lowest BCUT2D eigenvalue weighted by Crippen LogP contribution is -2.43. The van der Waals surface area contributed by atoms with Gasteiger partial charge in [-0.1, -0.05) is 0 Å². The number of carbonyl (C=O) groups excluding carboxylic acids is 1. The van der Waals surface area contributed by atoms with Gasteiger partial charge in [0.2, 0.25) is 5.91 Å². The molecule has 1 aromatic heterocycles. The molecule has 1 unspecified atom stereocenters. The van der Waals surface area contributed by atoms with Crippen LogP contribution in [0.3, 0.4) is 0 Å². The number of H-pyrrole nitrogens is 1. The van der Waals surface area contributed by atoms with Gasteiger partial charge in [-0.2, -0.15) is 0 Å². The second-order valence-corrected chi connectivity index (χ2v) is 4.99. The van der Waals surface area contributed by atoms with Gasteiger partial charge in [-0.15, -0.1) is 24.8 Å². The minimum Gasteiger partial charge on any atom is -0.378 e. The van der Waals surface area contributed by atoms with Crippen LogP contribution in [0.15, 0.2) is 36.7 Å². The van der Waals surface area contributed by atoms with E-state index in [1.54, 1.807) is 12.4 Å². The second kappa shape index (κ2) is 9.52. The molecule has 0 bridgehead atoms. The van der Waals surface area contributed by atoms with Gasteiger partial charge in [0.15, 0.2) is 0 Å². The number of morpholine rings is 1. The zero-order chi connectivity index (χ0) is 14.5. The van der Waals surface area contributed by atoms with Crippen molar-refractivity contribution in [2.45, 2.75) is 12.5 Å². The zero-order valence-corrected chi connectivity index (χ0v) is 14.1. The summed E-state index contributed by atoms with van der Waals surface area (Å²) >= 11 is 0. The molecule has 1 amide bonds. The number of amides is 1. The Morgan fingerprint density at radius 2 is 2.09 bits per heavy atom. The van der Waals surface area contributed by atoms with Crippen LogP contribution in [0.2, 0.25) is 0 Å². The van der Waals surface area contributed by atoms with Crippen molar-refractivity contribution in [2.24, 2.45) is 0 Å². The quantitative estimate of drug-likeness (QED) is 0.782. The number of halogens is 2. The van der Waals surface area contributed by atoms with E-state index < -0.39 is 0 Å². The first-order valence-electron chi connectivity index (χ1n) is 7.02. The number of aromatic nitrogens is 2. The summed E-state index contributed by atoms with van der Waals surface area (Å²) in [6, 6.07) is 7.70. The van der Waals surface area contributed by atoms with E-state index >= 15 is 0 Å². The predicted molar refractivity (Wildman–Crippen MR) is 94.4 cm³/mol. The molecule has 3 rings (SSSR count). The fourth-order valence-corrected chi connectivity index (χ4v) is 2.32. The summed E-state index contributed by atoms with van der Waals surface area (Å²) < 4.78 is 5.34. The Balaban J connectivity index is 0.00000132. The van der Waals surface area contributed by atoms with Gasteiger partial charge in [0.25, 0.3) is 0 Å². The molecule has 6 nitrogen and oxygen atoms in total. The van der Waals surface area contributed by atoms with E-state index in [0.29, 0.717) is 19.6 Å². The van der Waals surface area contributed by atoms with E-state index in [-0.39, 0.29) is 36.8 Å². The summed E-state index contributed by atoms with van der Waals surface area (Å²) in [6.07, 6.45) is 3.91. The molecule has 8 heteroatoms.